The maximum Gasteiger partial charge on any atom is 0.253 e. The molecule has 9 heteroatoms. The van der Waals surface area contributed by atoms with E-state index < -0.39 is 5.54 Å². The zero-order valence-corrected chi connectivity index (χ0v) is 22.0. The van der Waals surface area contributed by atoms with E-state index in [4.69, 9.17) is 23.2 Å². The molecule has 3 heterocycles. The van der Waals surface area contributed by atoms with Gasteiger partial charge in [-0.1, -0.05) is 41.4 Å². The van der Waals surface area contributed by atoms with Gasteiger partial charge in [-0.25, -0.2) is 15.1 Å². The summed E-state index contributed by atoms with van der Waals surface area (Å²) >= 11 is 13.0. The van der Waals surface area contributed by atoms with Crippen LogP contribution in [0.2, 0.25) is 10.0 Å². The van der Waals surface area contributed by atoms with E-state index in [1.165, 1.54) is 11.1 Å². The van der Waals surface area contributed by atoms with Gasteiger partial charge in [0.05, 0.1) is 33.6 Å². The number of hydrogen-bond acceptors (Lipinski definition) is 5. The maximum atomic E-state index is 13.7. The molecule has 0 radical (unpaired) electrons. The van der Waals surface area contributed by atoms with Crippen molar-refractivity contribution in [2.75, 3.05) is 0 Å². The Morgan fingerprint density at radius 2 is 2.03 bits per heavy atom. The Labute approximate surface area is 225 Å². The molecule has 0 spiro atoms. The van der Waals surface area contributed by atoms with Crippen molar-refractivity contribution in [3.63, 3.8) is 0 Å². The normalized spacial score (nSPS) is 22.5. The SMILES string of the molecule is CC1=CN2NC3CCC(NC(=O)c4ccc(-n5cnc(C)n5)cc4Cl)(c4cccc(Cl)c4)CC3=C2C=C1. The van der Waals surface area contributed by atoms with Gasteiger partial charge in [0.15, 0.2) is 0 Å². The van der Waals surface area contributed by atoms with Gasteiger partial charge in [0.1, 0.15) is 12.2 Å². The summed E-state index contributed by atoms with van der Waals surface area (Å²) in [6, 6.07) is 13.3. The molecule has 1 aromatic heterocycles. The van der Waals surface area contributed by atoms with E-state index >= 15 is 0 Å². The van der Waals surface area contributed by atoms with Gasteiger partial charge in [0, 0.05) is 11.2 Å². The average molecular weight is 533 g/mol. The first-order chi connectivity index (χ1) is 17.8. The highest BCUT2D eigenvalue weighted by molar-refractivity contribution is 6.34. The Bertz CT molecular complexity index is 1510. The average Bonchev–Trinajstić information content (AvgIpc) is 3.46. The number of aromatic nitrogens is 3. The van der Waals surface area contributed by atoms with Crippen molar-refractivity contribution in [1.29, 1.82) is 0 Å². The Morgan fingerprint density at radius 1 is 1.16 bits per heavy atom. The number of carbonyl (C=O) groups is 1. The summed E-state index contributed by atoms with van der Waals surface area (Å²) in [6.07, 6.45) is 10.3. The second-order valence-electron chi connectivity index (χ2n) is 9.83. The molecule has 1 saturated carbocycles. The molecule has 2 atom stereocenters. The fraction of sp³-hybridized carbons (Fsp3) is 0.250. The number of hydrazine groups is 1. The van der Waals surface area contributed by atoms with Crippen molar-refractivity contribution in [3.8, 4) is 5.69 Å². The van der Waals surface area contributed by atoms with Crippen LogP contribution in [0.4, 0.5) is 0 Å². The molecule has 6 rings (SSSR count). The first-order valence-corrected chi connectivity index (χ1v) is 13.0. The summed E-state index contributed by atoms with van der Waals surface area (Å²) in [5, 5.41) is 10.8. The number of nitrogens with one attached hydrogen (secondary N) is 2. The van der Waals surface area contributed by atoms with E-state index in [9.17, 15) is 4.79 Å². The van der Waals surface area contributed by atoms with Gasteiger partial charge in [-0.2, -0.15) is 5.10 Å². The maximum absolute atomic E-state index is 13.7. The third kappa shape index (κ3) is 4.37. The van der Waals surface area contributed by atoms with Crippen LogP contribution in [0.1, 0.15) is 47.9 Å². The van der Waals surface area contributed by atoms with E-state index in [2.05, 4.69) is 51.1 Å². The predicted molar refractivity (Wildman–Crippen MR) is 144 cm³/mol. The monoisotopic (exact) mass is 532 g/mol. The number of carbonyl (C=O) groups excluding carboxylic acids is 1. The molecule has 2 aliphatic heterocycles. The second-order valence-corrected chi connectivity index (χ2v) is 10.7. The van der Waals surface area contributed by atoms with Crippen molar-refractivity contribution < 1.29 is 4.79 Å². The highest BCUT2D eigenvalue weighted by Gasteiger charge is 2.45. The molecule has 7 nitrogen and oxygen atoms in total. The lowest BCUT2D eigenvalue weighted by Gasteiger charge is -2.41. The van der Waals surface area contributed by atoms with Crippen LogP contribution in [0.25, 0.3) is 5.69 Å². The zero-order chi connectivity index (χ0) is 25.7. The Morgan fingerprint density at radius 3 is 2.78 bits per heavy atom. The van der Waals surface area contributed by atoms with Crippen molar-refractivity contribution in [1.82, 2.24) is 30.5 Å². The molecule has 1 aliphatic carbocycles. The lowest BCUT2D eigenvalue weighted by molar-refractivity contribution is 0.0875. The molecule has 1 amide bonds. The van der Waals surface area contributed by atoms with Crippen LogP contribution < -0.4 is 10.7 Å². The molecule has 2 unspecified atom stereocenters. The topological polar surface area (TPSA) is 75.1 Å². The van der Waals surface area contributed by atoms with Crippen molar-refractivity contribution >= 4 is 29.1 Å². The Balaban J connectivity index is 1.36. The van der Waals surface area contributed by atoms with Gasteiger partial charge in [0.2, 0.25) is 0 Å². The molecule has 37 heavy (non-hydrogen) atoms. The van der Waals surface area contributed by atoms with E-state index in [0.29, 0.717) is 27.9 Å². The Kier molecular flexibility index (Phi) is 5.94. The van der Waals surface area contributed by atoms with Gasteiger partial charge in [-0.05, 0) is 86.2 Å². The lowest BCUT2D eigenvalue weighted by atomic mass is 9.72. The van der Waals surface area contributed by atoms with Crippen LogP contribution in [-0.2, 0) is 5.54 Å². The standard InChI is InChI=1S/C28H26Cl2N6O/c1-17-6-9-26-23-14-28(19-4-3-5-20(29)12-19,11-10-25(23)34-35(26)15-17)32-27(37)22-8-7-21(13-24(22)30)36-16-31-18(2)33-36/h3-9,12-13,15-16,25,34H,10-11,14H2,1-2H3,(H,32,37). The number of amides is 1. The summed E-state index contributed by atoms with van der Waals surface area (Å²) in [4.78, 5) is 17.9. The van der Waals surface area contributed by atoms with E-state index in [0.717, 1.165) is 29.8 Å². The summed E-state index contributed by atoms with van der Waals surface area (Å²) in [7, 11) is 0. The van der Waals surface area contributed by atoms with E-state index in [-0.39, 0.29) is 11.9 Å². The fourth-order valence-electron chi connectivity index (χ4n) is 5.45. The van der Waals surface area contributed by atoms with Crippen LogP contribution in [0.15, 0.2) is 84.0 Å². The number of fused-ring (bicyclic) bond motifs is 2. The summed E-state index contributed by atoms with van der Waals surface area (Å²) in [5.74, 6) is 0.430. The molecule has 3 aromatic rings. The molecule has 1 fully saturated rings. The van der Waals surface area contributed by atoms with Gasteiger partial charge in [-0.15, -0.1) is 0 Å². The second kappa shape index (κ2) is 9.17. The molecule has 188 valence electrons. The molecular weight excluding hydrogens is 507 g/mol. The quantitative estimate of drug-likeness (QED) is 0.456. The van der Waals surface area contributed by atoms with Crippen LogP contribution in [-0.4, -0.2) is 31.7 Å². The highest BCUT2D eigenvalue weighted by Crippen LogP contribution is 2.45. The molecule has 2 aromatic carbocycles. The summed E-state index contributed by atoms with van der Waals surface area (Å²) in [5.41, 5.74) is 8.70. The van der Waals surface area contributed by atoms with Crippen LogP contribution in [0.5, 0.6) is 0 Å². The molecule has 3 aliphatic rings. The van der Waals surface area contributed by atoms with Gasteiger partial charge in [0.25, 0.3) is 5.91 Å². The van der Waals surface area contributed by atoms with E-state index in [1.807, 2.05) is 37.3 Å². The van der Waals surface area contributed by atoms with Gasteiger partial charge in [-0.3, -0.25) is 9.80 Å². The largest absolute Gasteiger partial charge is 0.342 e. The minimum atomic E-state index is -0.631. The van der Waals surface area contributed by atoms with Crippen LogP contribution >= 0.6 is 23.2 Å². The number of benzene rings is 2. The van der Waals surface area contributed by atoms with Crippen molar-refractivity contribution in [2.45, 2.75) is 44.7 Å². The third-order valence-electron chi connectivity index (χ3n) is 7.29. The zero-order valence-electron chi connectivity index (χ0n) is 20.5. The summed E-state index contributed by atoms with van der Waals surface area (Å²) in [6.45, 7) is 3.90. The number of hydrogen-bond donors (Lipinski definition) is 2. The highest BCUT2D eigenvalue weighted by atomic mass is 35.5. The third-order valence-corrected chi connectivity index (χ3v) is 7.84. The smallest absolute Gasteiger partial charge is 0.253 e. The fourth-order valence-corrected chi connectivity index (χ4v) is 5.90. The van der Waals surface area contributed by atoms with E-state index in [1.54, 1.807) is 23.1 Å². The van der Waals surface area contributed by atoms with Crippen LogP contribution in [0.3, 0.4) is 0 Å². The lowest BCUT2D eigenvalue weighted by Crippen LogP contribution is -2.51. The van der Waals surface area contributed by atoms with Crippen molar-refractivity contribution in [3.05, 3.63) is 111 Å². The number of rotatable bonds is 4. The number of halogens is 2. The Hall–Kier alpha value is -3.39. The molecular formula is C28H26Cl2N6O. The van der Waals surface area contributed by atoms with Gasteiger partial charge < -0.3 is 5.32 Å². The molecule has 0 saturated heterocycles. The minimum Gasteiger partial charge on any atom is -0.342 e. The number of aryl methyl sites for hydroxylation is 1. The number of nitrogens with zero attached hydrogens (tertiary/aromatic N) is 4. The first kappa shape index (κ1) is 24.0. The molecule has 2 N–H and O–H groups in total. The summed E-state index contributed by atoms with van der Waals surface area (Å²) < 4.78 is 1.64. The van der Waals surface area contributed by atoms with Gasteiger partial charge >= 0.3 is 0 Å². The first-order valence-electron chi connectivity index (χ1n) is 12.2. The van der Waals surface area contributed by atoms with Crippen LogP contribution in [0, 0.1) is 6.92 Å². The number of allylic oxidation sites excluding steroid dienone is 3. The minimum absolute atomic E-state index is 0.222. The van der Waals surface area contributed by atoms with Crippen molar-refractivity contribution in [2.24, 2.45) is 0 Å². The predicted octanol–water partition coefficient (Wildman–Crippen LogP) is 5.61. The molecule has 0 bridgehead atoms.